The van der Waals surface area contributed by atoms with Crippen LogP contribution in [0.5, 0.6) is 5.75 Å². The first-order chi connectivity index (χ1) is 12.9. The fourth-order valence-electron chi connectivity index (χ4n) is 2.47. The SMILES string of the molecule is COC(=O)CCN(Cc1ccc(OC)cc1)C(=O)c1cccc([N+](=O)[O-])c1. The standard InChI is InChI=1S/C19H20N2O6/c1-26-17-8-6-14(7-9-17)13-20(11-10-18(22)27-2)19(23)15-4-3-5-16(12-15)21(24)25/h3-9,12H,10-11,13H2,1-2H3. The van der Waals surface area contributed by atoms with Crippen molar-refractivity contribution in [2.75, 3.05) is 20.8 Å². The molecule has 0 spiro atoms. The average molecular weight is 372 g/mol. The summed E-state index contributed by atoms with van der Waals surface area (Å²) in [7, 11) is 2.84. The molecule has 0 heterocycles. The van der Waals surface area contributed by atoms with Crippen molar-refractivity contribution in [1.29, 1.82) is 0 Å². The molecular weight excluding hydrogens is 352 g/mol. The summed E-state index contributed by atoms with van der Waals surface area (Å²) >= 11 is 0. The molecule has 0 atom stereocenters. The van der Waals surface area contributed by atoms with E-state index in [4.69, 9.17) is 4.74 Å². The first kappa shape index (κ1) is 19.9. The number of ether oxygens (including phenoxy) is 2. The average Bonchev–Trinajstić information content (AvgIpc) is 2.70. The lowest BCUT2D eigenvalue weighted by Gasteiger charge is -2.22. The van der Waals surface area contributed by atoms with Crippen molar-refractivity contribution in [2.24, 2.45) is 0 Å². The second-order valence-corrected chi connectivity index (χ2v) is 5.71. The van der Waals surface area contributed by atoms with E-state index in [1.807, 2.05) is 12.1 Å². The largest absolute Gasteiger partial charge is 0.497 e. The molecule has 27 heavy (non-hydrogen) atoms. The van der Waals surface area contributed by atoms with E-state index in [0.717, 1.165) is 5.56 Å². The summed E-state index contributed by atoms with van der Waals surface area (Å²) in [6.07, 6.45) is 0.0212. The molecule has 0 saturated heterocycles. The quantitative estimate of drug-likeness (QED) is 0.401. The zero-order valence-electron chi connectivity index (χ0n) is 15.1. The summed E-state index contributed by atoms with van der Waals surface area (Å²) in [5.74, 6) is -0.162. The lowest BCUT2D eigenvalue weighted by atomic mass is 10.1. The van der Waals surface area contributed by atoms with Crippen LogP contribution in [0.4, 0.5) is 5.69 Å². The first-order valence-corrected chi connectivity index (χ1v) is 8.18. The molecule has 8 nitrogen and oxygen atoms in total. The number of carbonyl (C=O) groups is 2. The fraction of sp³-hybridized carbons (Fsp3) is 0.263. The number of amides is 1. The van der Waals surface area contributed by atoms with Gasteiger partial charge in [-0.05, 0) is 23.8 Å². The number of methoxy groups -OCH3 is 2. The molecule has 0 bridgehead atoms. The molecule has 1 amide bonds. The van der Waals surface area contributed by atoms with E-state index in [2.05, 4.69) is 4.74 Å². The molecule has 2 rings (SSSR count). The Morgan fingerprint density at radius 3 is 2.41 bits per heavy atom. The van der Waals surface area contributed by atoms with Crippen molar-refractivity contribution in [3.8, 4) is 5.75 Å². The highest BCUT2D eigenvalue weighted by atomic mass is 16.6. The number of nitro groups is 1. The van der Waals surface area contributed by atoms with E-state index in [0.29, 0.717) is 5.75 Å². The summed E-state index contributed by atoms with van der Waals surface area (Å²) in [5, 5.41) is 11.0. The van der Waals surface area contributed by atoms with Crippen LogP contribution in [0.15, 0.2) is 48.5 Å². The number of rotatable bonds is 8. The van der Waals surface area contributed by atoms with Crippen molar-refractivity contribution in [2.45, 2.75) is 13.0 Å². The molecule has 0 aliphatic carbocycles. The van der Waals surface area contributed by atoms with Gasteiger partial charge in [-0.25, -0.2) is 0 Å². The number of hydrogen-bond donors (Lipinski definition) is 0. The van der Waals surface area contributed by atoms with Gasteiger partial charge < -0.3 is 14.4 Å². The molecule has 0 aromatic heterocycles. The van der Waals surface area contributed by atoms with Crippen LogP contribution < -0.4 is 4.74 Å². The summed E-state index contributed by atoms with van der Waals surface area (Å²) in [6.45, 7) is 0.364. The van der Waals surface area contributed by atoms with E-state index in [-0.39, 0.29) is 30.8 Å². The number of hydrogen-bond acceptors (Lipinski definition) is 6. The Labute approximate surface area is 156 Å². The number of nitrogens with zero attached hydrogens (tertiary/aromatic N) is 2. The Morgan fingerprint density at radius 1 is 1.11 bits per heavy atom. The Morgan fingerprint density at radius 2 is 1.81 bits per heavy atom. The van der Waals surface area contributed by atoms with Crippen LogP contribution >= 0.6 is 0 Å². The van der Waals surface area contributed by atoms with Crippen LogP contribution in [0.2, 0.25) is 0 Å². The maximum absolute atomic E-state index is 12.9. The van der Waals surface area contributed by atoms with Crippen LogP contribution in [0, 0.1) is 10.1 Å². The van der Waals surface area contributed by atoms with Gasteiger partial charge in [-0.15, -0.1) is 0 Å². The van der Waals surface area contributed by atoms with E-state index >= 15 is 0 Å². The van der Waals surface area contributed by atoms with Gasteiger partial charge in [-0.1, -0.05) is 18.2 Å². The Bertz CT molecular complexity index is 819. The number of esters is 1. The zero-order chi connectivity index (χ0) is 19.8. The lowest BCUT2D eigenvalue weighted by Crippen LogP contribution is -2.32. The Balaban J connectivity index is 2.24. The van der Waals surface area contributed by atoms with Gasteiger partial charge >= 0.3 is 5.97 Å². The molecular formula is C19H20N2O6. The molecule has 0 fully saturated rings. The minimum Gasteiger partial charge on any atom is -0.497 e. The highest BCUT2D eigenvalue weighted by Crippen LogP contribution is 2.18. The van der Waals surface area contributed by atoms with Crippen LogP contribution in [-0.4, -0.2) is 42.5 Å². The van der Waals surface area contributed by atoms with Gasteiger partial charge in [0, 0.05) is 30.8 Å². The number of carbonyl (C=O) groups excluding carboxylic acids is 2. The van der Waals surface area contributed by atoms with Crippen molar-refractivity contribution in [3.63, 3.8) is 0 Å². The van der Waals surface area contributed by atoms with Gasteiger partial charge in [0.25, 0.3) is 11.6 Å². The van der Waals surface area contributed by atoms with E-state index in [9.17, 15) is 19.7 Å². The highest BCUT2D eigenvalue weighted by Gasteiger charge is 2.20. The predicted molar refractivity (Wildman–Crippen MR) is 97.5 cm³/mol. The third-order valence-electron chi connectivity index (χ3n) is 3.94. The van der Waals surface area contributed by atoms with Gasteiger partial charge in [0.15, 0.2) is 0 Å². The summed E-state index contributed by atoms with van der Waals surface area (Å²) < 4.78 is 9.75. The third kappa shape index (κ3) is 5.53. The highest BCUT2D eigenvalue weighted by molar-refractivity contribution is 5.95. The lowest BCUT2D eigenvalue weighted by molar-refractivity contribution is -0.384. The molecule has 0 saturated carbocycles. The summed E-state index contributed by atoms with van der Waals surface area (Å²) in [4.78, 5) is 36.2. The van der Waals surface area contributed by atoms with Crippen molar-refractivity contribution < 1.29 is 24.0 Å². The normalized spacial score (nSPS) is 10.1. The smallest absolute Gasteiger partial charge is 0.307 e. The van der Waals surface area contributed by atoms with Crippen LogP contribution in [0.3, 0.4) is 0 Å². The van der Waals surface area contributed by atoms with Gasteiger partial charge in [-0.3, -0.25) is 19.7 Å². The third-order valence-corrected chi connectivity index (χ3v) is 3.94. The van der Waals surface area contributed by atoms with Crippen molar-refractivity contribution >= 4 is 17.6 Å². The topological polar surface area (TPSA) is 99.0 Å². The predicted octanol–water partition coefficient (Wildman–Crippen LogP) is 2.81. The van der Waals surface area contributed by atoms with Gasteiger partial charge in [0.1, 0.15) is 5.75 Å². The molecule has 0 aliphatic rings. The maximum Gasteiger partial charge on any atom is 0.307 e. The Hall–Kier alpha value is -3.42. The van der Waals surface area contributed by atoms with Crippen LogP contribution in [0.25, 0.3) is 0 Å². The maximum atomic E-state index is 12.9. The zero-order valence-corrected chi connectivity index (χ0v) is 15.1. The molecule has 2 aromatic rings. The van der Waals surface area contributed by atoms with Gasteiger partial charge in [0.05, 0.1) is 25.6 Å². The minimum absolute atomic E-state index is 0.0212. The van der Waals surface area contributed by atoms with Gasteiger partial charge in [0.2, 0.25) is 0 Å². The molecule has 2 aromatic carbocycles. The van der Waals surface area contributed by atoms with Crippen LogP contribution in [-0.2, 0) is 16.1 Å². The molecule has 8 heteroatoms. The first-order valence-electron chi connectivity index (χ1n) is 8.18. The Kier molecular flexibility index (Phi) is 6.87. The molecule has 142 valence electrons. The second kappa shape index (κ2) is 9.33. The summed E-state index contributed by atoms with van der Waals surface area (Å²) in [6, 6.07) is 12.7. The van der Waals surface area contributed by atoms with E-state index in [1.165, 1.54) is 36.3 Å². The molecule has 0 aliphatic heterocycles. The molecule has 0 radical (unpaired) electrons. The summed E-state index contributed by atoms with van der Waals surface area (Å²) in [5.41, 5.74) is 0.847. The van der Waals surface area contributed by atoms with E-state index in [1.54, 1.807) is 19.2 Å². The molecule has 0 N–H and O–H groups in total. The number of benzene rings is 2. The van der Waals surface area contributed by atoms with E-state index < -0.39 is 16.8 Å². The van der Waals surface area contributed by atoms with Crippen molar-refractivity contribution in [1.82, 2.24) is 4.90 Å². The number of nitro benzene ring substituents is 1. The second-order valence-electron chi connectivity index (χ2n) is 5.71. The van der Waals surface area contributed by atoms with Crippen molar-refractivity contribution in [3.05, 3.63) is 69.8 Å². The minimum atomic E-state index is -0.557. The monoisotopic (exact) mass is 372 g/mol. The van der Waals surface area contributed by atoms with Crippen LogP contribution in [0.1, 0.15) is 22.3 Å². The number of non-ortho nitro benzene ring substituents is 1. The fourth-order valence-corrected chi connectivity index (χ4v) is 2.47. The molecule has 0 unspecified atom stereocenters. The van der Waals surface area contributed by atoms with Gasteiger partial charge in [-0.2, -0.15) is 0 Å².